The maximum Gasteiger partial charge on any atom is 0.416 e. The highest BCUT2D eigenvalue weighted by Crippen LogP contribution is 2.59. The Balaban J connectivity index is 2.53. The molecule has 1 aliphatic carbocycles. The van der Waals surface area contributed by atoms with Crippen LogP contribution < -0.4 is 0 Å². The van der Waals surface area contributed by atoms with Gasteiger partial charge in [-0.2, -0.15) is 26.3 Å². The lowest BCUT2D eigenvalue weighted by molar-refractivity contribution is -0.161. The Morgan fingerprint density at radius 3 is 1.95 bits per heavy atom. The predicted molar refractivity (Wildman–Crippen MR) is 60.2 cm³/mol. The van der Waals surface area contributed by atoms with E-state index in [0.717, 1.165) is 17.8 Å². The largest absolute Gasteiger partial charge is 0.416 e. The van der Waals surface area contributed by atoms with Gasteiger partial charge in [-0.1, -0.05) is 0 Å². The van der Waals surface area contributed by atoms with E-state index in [4.69, 9.17) is 0 Å². The molecule has 0 bridgehead atoms. The van der Waals surface area contributed by atoms with Gasteiger partial charge in [-0.15, -0.1) is 11.8 Å². The van der Waals surface area contributed by atoms with E-state index in [9.17, 15) is 26.3 Å². The summed E-state index contributed by atoms with van der Waals surface area (Å²) < 4.78 is 77.0. The highest BCUT2D eigenvalue weighted by molar-refractivity contribution is 7.98. The van der Waals surface area contributed by atoms with Gasteiger partial charge in [0.05, 0.1) is 11.0 Å². The molecule has 0 nitrogen and oxygen atoms in total. The topological polar surface area (TPSA) is 0 Å². The number of alkyl halides is 6. The molecule has 1 aromatic carbocycles. The molecule has 7 heteroatoms. The molecule has 1 fully saturated rings. The van der Waals surface area contributed by atoms with Crippen molar-refractivity contribution >= 4 is 11.8 Å². The Kier molecular flexibility index (Phi) is 3.32. The first-order valence-electron chi connectivity index (χ1n) is 5.44. The van der Waals surface area contributed by atoms with E-state index >= 15 is 0 Å². The molecule has 0 amide bonds. The van der Waals surface area contributed by atoms with Crippen LogP contribution in [0.5, 0.6) is 0 Å². The summed E-state index contributed by atoms with van der Waals surface area (Å²) >= 11 is 1.00. The molecule has 0 aromatic heterocycles. The zero-order valence-corrected chi connectivity index (χ0v) is 10.6. The second kappa shape index (κ2) is 4.33. The van der Waals surface area contributed by atoms with Crippen molar-refractivity contribution in [1.82, 2.24) is 0 Å². The minimum absolute atomic E-state index is 0.147. The summed E-state index contributed by atoms with van der Waals surface area (Å²) in [7, 11) is 0. The Hall–Kier alpha value is -0.850. The van der Waals surface area contributed by atoms with E-state index in [0.29, 0.717) is 6.07 Å². The number of halogens is 6. The summed E-state index contributed by atoms with van der Waals surface area (Å²) in [5.41, 5.74) is -3.39. The molecule has 0 N–H and O–H groups in total. The summed E-state index contributed by atoms with van der Waals surface area (Å²) in [6.45, 7) is 0. The third kappa shape index (κ3) is 2.57. The second-order valence-corrected chi connectivity index (χ2v) is 5.41. The third-order valence-electron chi connectivity index (χ3n) is 3.31. The normalized spacial score (nSPS) is 18.5. The van der Waals surface area contributed by atoms with Crippen LogP contribution >= 0.6 is 11.8 Å². The van der Waals surface area contributed by atoms with Crippen molar-refractivity contribution in [1.29, 1.82) is 0 Å². The first-order valence-corrected chi connectivity index (χ1v) is 6.66. The number of benzene rings is 1. The maximum absolute atomic E-state index is 13.0. The molecule has 0 atom stereocenters. The molecule has 1 aliphatic rings. The molecule has 0 heterocycles. The van der Waals surface area contributed by atoms with Gasteiger partial charge >= 0.3 is 12.4 Å². The van der Waals surface area contributed by atoms with Gasteiger partial charge in [-0.3, -0.25) is 0 Å². The second-order valence-electron chi connectivity index (χ2n) is 4.53. The fourth-order valence-electron chi connectivity index (χ4n) is 2.02. The third-order valence-corrected chi connectivity index (χ3v) is 4.02. The summed E-state index contributed by atoms with van der Waals surface area (Å²) in [6.07, 6.45) is -7.90. The van der Waals surface area contributed by atoms with Crippen LogP contribution in [-0.2, 0) is 11.6 Å². The van der Waals surface area contributed by atoms with Crippen molar-refractivity contribution in [3.8, 4) is 0 Å². The van der Waals surface area contributed by atoms with E-state index in [1.807, 2.05) is 0 Å². The van der Waals surface area contributed by atoms with E-state index in [1.165, 1.54) is 12.3 Å². The van der Waals surface area contributed by atoms with Crippen LogP contribution in [-0.4, -0.2) is 12.4 Å². The van der Waals surface area contributed by atoms with Crippen molar-refractivity contribution in [3.63, 3.8) is 0 Å². The van der Waals surface area contributed by atoms with Crippen molar-refractivity contribution in [2.24, 2.45) is 0 Å². The first-order chi connectivity index (χ1) is 8.60. The van der Waals surface area contributed by atoms with Crippen molar-refractivity contribution in [3.05, 3.63) is 29.3 Å². The smallest absolute Gasteiger partial charge is 0.170 e. The average Bonchev–Trinajstić information content (AvgIpc) is 3.07. The highest BCUT2D eigenvalue weighted by Gasteiger charge is 2.64. The average molecular weight is 300 g/mol. The van der Waals surface area contributed by atoms with Crippen LogP contribution in [0.1, 0.15) is 24.0 Å². The van der Waals surface area contributed by atoms with E-state index < -0.39 is 23.3 Å². The van der Waals surface area contributed by atoms with Crippen LogP contribution in [0, 0.1) is 0 Å². The number of hydrogen-bond acceptors (Lipinski definition) is 1. The lowest BCUT2D eigenvalue weighted by Crippen LogP contribution is -2.29. The minimum Gasteiger partial charge on any atom is -0.170 e. The molecule has 1 saturated carbocycles. The van der Waals surface area contributed by atoms with E-state index in [1.54, 1.807) is 0 Å². The summed E-state index contributed by atoms with van der Waals surface area (Å²) in [4.78, 5) is 0.195. The van der Waals surface area contributed by atoms with Crippen molar-refractivity contribution in [2.75, 3.05) is 6.26 Å². The molecule has 0 spiro atoms. The van der Waals surface area contributed by atoms with Crippen LogP contribution in [0.3, 0.4) is 0 Å². The van der Waals surface area contributed by atoms with Gasteiger partial charge in [0, 0.05) is 4.90 Å². The van der Waals surface area contributed by atoms with Gasteiger partial charge in [0.15, 0.2) is 0 Å². The Morgan fingerprint density at radius 1 is 1.00 bits per heavy atom. The number of hydrogen-bond donors (Lipinski definition) is 0. The quantitative estimate of drug-likeness (QED) is 0.546. The van der Waals surface area contributed by atoms with E-state index in [-0.39, 0.29) is 23.3 Å². The number of thioether (sulfide) groups is 1. The molecule has 1 aromatic rings. The van der Waals surface area contributed by atoms with Crippen LogP contribution in [0.15, 0.2) is 23.1 Å². The van der Waals surface area contributed by atoms with Gasteiger partial charge in [-0.05, 0) is 42.9 Å². The summed E-state index contributed by atoms with van der Waals surface area (Å²) in [5.74, 6) is 0. The Bertz CT molecular complexity index is 484. The van der Waals surface area contributed by atoms with Gasteiger partial charge in [0.1, 0.15) is 0 Å². The number of rotatable bonds is 2. The fourth-order valence-corrected chi connectivity index (χ4v) is 2.51. The molecule has 0 radical (unpaired) electrons. The van der Waals surface area contributed by atoms with Gasteiger partial charge in [0.2, 0.25) is 0 Å². The lowest BCUT2D eigenvalue weighted by atomic mass is 9.93. The fraction of sp³-hybridized carbons (Fsp3) is 0.500. The molecule has 0 saturated heterocycles. The Labute approximate surface area is 110 Å². The first kappa shape index (κ1) is 14.6. The predicted octanol–water partition coefficient (Wildman–Crippen LogP) is 5.02. The van der Waals surface area contributed by atoms with E-state index in [2.05, 4.69) is 0 Å². The van der Waals surface area contributed by atoms with Gasteiger partial charge in [-0.25, -0.2) is 0 Å². The summed E-state index contributed by atoms with van der Waals surface area (Å²) in [6, 6.07) is 2.71. The minimum atomic E-state index is -4.64. The van der Waals surface area contributed by atoms with Crippen LogP contribution in [0.2, 0.25) is 0 Å². The lowest BCUT2D eigenvalue weighted by Gasteiger charge is -2.21. The zero-order valence-electron chi connectivity index (χ0n) is 9.82. The molecule has 19 heavy (non-hydrogen) atoms. The van der Waals surface area contributed by atoms with Crippen molar-refractivity contribution < 1.29 is 26.3 Å². The maximum atomic E-state index is 13.0. The Morgan fingerprint density at radius 2 is 1.58 bits per heavy atom. The molecule has 106 valence electrons. The SMILES string of the molecule is CSc1cc(C(F)(F)F)cc(C2(C(F)(F)F)CC2)c1. The summed E-state index contributed by atoms with van der Waals surface area (Å²) in [5, 5.41) is 0. The standard InChI is InChI=1S/C12H10F6S/c1-19-9-5-7(4-8(6-9)11(13,14)15)10(2-3-10)12(16,17)18/h4-6H,2-3H2,1H3. The molecule has 0 unspecified atom stereocenters. The molecule has 0 aliphatic heterocycles. The van der Waals surface area contributed by atoms with Gasteiger partial charge in [0.25, 0.3) is 0 Å². The van der Waals surface area contributed by atoms with Gasteiger partial charge < -0.3 is 0 Å². The molecule has 2 rings (SSSR count). The van der Waals surface area contributed by atoms with Crippen molar-refractivity contribution in [2.45, 2.75) is 35.5 Å². The highest BCUT2D eigenvalue weighted by atomic mass is 32.2. The van der Waals surface area contributed by atoms with Crippen LogP contribution in [0.4, 0.5) is 26.3 Å². The zero-order chi connectivity index (χ0) is 14.5. The molecular formula is C12H10F6S. The molecular weight excluding hydrogens is 290 g/mol. The monoisotopic (exact) mass is 300 g/mol. The van der Waals surface area contributed by atoms with Crippen LogP contribution in [0.25, 0.3) is 0 Å².